The Bertz CT molecular complexity index is 998. The fraction of sp³-hybridized carbons (Fsp3) is 0.550. The zero-order valence-electron chi connectivity index (χ0n) is 16.8. The van der Waals surface area contributed by atoms with Gasteiger partial charge in [0.05, 0.1) is 11.7 Å². The van der Waals surface area contributed by atoms with E-state index < -0.39 is 17.9 Å². The molecule has 0 fully saturated rings. The second kappa shape index (κ2) is 6.83. The number of nitrogens with zero attached hydrogens (tertiary/aromatic N) is 4. The monoisotopic (exact) mass is 408 g/mol. The minimum absolute atomic E-state index is 0.0480. The van der Waals surface area contributed by atoms with Crippen molar-refractivity contribution in [3.8, 4) is 11.6 Å². The number of hydrogen-bond acceptors (Lipinski definition) is 5. The maximum absolute atomic E-state index is 13.3. The Morgan fingerprint density at radius 1 is 1.24 bits per heavy atom. The quantitative estimate of drug-likeness (QED) is 0.759. The van der Waals surface area contributed by atoms with Crippen molar-refractivity contribution in [3.05, 3.63) is 34.9 Å². The highest BCUT2D eigenvalue weighted by molar-refractivity contribution is 5.72. The van der Waals surface area contributed by atoms with Crippen LogP contribution in [0.25, 0.3) is 17.2 Å². The lowest BCUT2D eigenvalue weighted by atomic mass is 9.76. The van der Waals surface area contributed by atoms with Crippen LogP contribution in [0.5, 0.6) is 0 Å². The largest absolute Gasteiger partial charge is 0.415 e. The van der Waals surface area contributed by atoms with Crippen LogP contribution < -0.4 is 0 Å². The Morgan fingerprint density at radius 2 is 1.97 bits per heavy atom. The van der Waals surface area contributed by atoms with E-state index in [-0.39, 0.29) is 29.2 Å². The molecular formula is C20H23F3N4O2. The van der Waals surface area contributed by atoms with Crippen molar-refractivity contribution in [2.24, 2.45) is 12.5 Å². The zero-order valence-corrected chi connectivity index (χ0v) is 16.8. The predicted molar refractivity (Wildman–Crippen MR) is 99.8 cm³/mol. The summed E-state index contributed by atoms with van der Waals surface area (Å²) in [6.45, 7) is 4.45. The molecule has 2 aliphatic carbocycles. The smallest absolute Gasteiger partial charge is 0.415 e. The summed E-state index contributed by atoms with van der Waals surface area (Å²) in [5.74, 6) is 0.278. The van der Waals surface area contributed by atoms with Gasteiger partial charge >= 0.3 is 6.18 Å². The van der Waals surface area contributed by atoms with E-state index in [0.717, 1.165) is 36.6 Å². The average Bonchev–Trinajstić information content (AvgIpc) is 3.25. The standard InChI is InChI=1S/C20H23F3N4O2/c1-19(2)8-7-12-14(10-19)27(3)26-16(12)18-25-24-17(29-18)11-5-6-15(28-4)13(9-11)20(21,22)23/h5,9,15H,6-8,10H2,1-4H3. The molecule has 1 atom stereocenters. The van der Waals surface area contributed by atoms with Gasteiger partial charge in [-0.2, -0.15) is 18.3 Å². The van der Waals surface area contributed by atoms with E-state index in [1.165, 1.54) is 7.11 Å². The highest BCUT2D eigenvalue weighted by Crippen LogP contribution is 2.40. The Labute approximate surface area is 166 Å². The Balaban J connectivity index is 1.67. The average molecular weight is 408 g/mol. The minimum Gasteiger partial charge on any atom is -0.415 e. The number of rotatable bonds is 3. The minimum atomic E-state index is -4.49. The third-order valence-electron chi connectivity index (χ3n) is 5.67. The van der Waals surface area contributed by atoms with E-state index in [4.69, 9.17) is 9.15 Å². The van der Waals surface area contributed by atoms with Gasteiger partial charge in [0.15, 0.2) is 5.69 Å². The molecule has 0 aromatic carbocycles. The van der Waals surface area contributed by atoms with Gasteiger partial charge in [-0.05, 0) is 37.2 Å². The maximum Gasteiger partial charge on any atom is 0.415 e. The second-order valence-electron chi connectivity index (χ2n) is 8.37. The van der Waals surface area contributed by atoms with Gasteiger partial charge in [0.2, 0.25) is 5.89 Å². The van der Waals surface area contributed by atoms with Gasteiger partial charge in [-0.1, -0.05) is 19.9 Å². The third-order valence-corrected chi connectivity index (χ3v) is 5.67. The summed E-state index contributed by atoms with van der Waals surface area (Å²) >= 11 is 0. The molecule has 156 valence electrons. The van der Waals surface area contributed by atoms with E-state index in [1.807, 2.05) is 11.7 Å². The highest BCUT2D eigenvalue weighted by atomic mass is 19.4. The molecule has 0 saturated carbocycles. The van der Waals surface area contributed by atoms with Crippen LogP contribution in [0, 0.1) is 5.41 Å². The molecule has 0 aliphatic heterocycles. The van der Waals surface area contributed by atoms with Crippen molar-refractivity contribution in [2.75, 3.05) is 7.11 Å². The molecule has 0 amide bonds. The van der Waals surface area contributed by atoms with Crippen molar-refractivity contribution in [3.63, 3.8) is 0 Å². The van der Waals surface area contributed by atoms with Crippen molar-refractivity contribution >= 4 is 5.57 Å². The van der Waals surface area contributed by atoms with E-state index in [9.17, 15) is 13.2 Å². The number of halogens is 3. The zero-order chi connectivity index (χ0) is 21.0. The van der Waals surface area contributed by atoms with Gasteiger partial charge in [0.1, 0.15) is 0 Å². The summed E-state index contributed by atoms with van der Waals surface area (Å²) in [6, 6.07) is 0. The first kappa shape index (κ1) is 19.9. The van der Waals surface area contributed by atoms with Gasteiger partial charge in [-0.3, -0.25) is 4.68 Å². The summed E-state index contributed by atoms with van der Waals surface area (Å²) in [5.41, 5.74) is 2.51. The van der Waals surface area contributed by atoms with Gasteiger partial charge in [-0.25, -0.2) is 0 Å². The summed E-state index contributed by atoms with van der Waals surface area (Å²) in [5, 5.41) is 12.6. The van der Waals surface area contributed by atoms with Crippen LogP contribution >= 0.6 is 0 Å². The summed E-state index contributed by atoms with van der Waals surface area (Å²) < 4.78 is 52.6. The van der Waals surface area contributed by atoms with Gasteiger partial charge in [0, 0.05) is 31.0 Å². The van der Waals surface area contributed by atoms with Crippen LogP contribution in [0.3, 0.4) is 0 Å². The van der Waals surface area contributed by atoms with E-state index >= 15 is 0 Å². The molecule has 0 spiro atoms. The number of ether oxygens (including phenoxy) is 1. The van der Waals surface area contributed by atoms with Crippen LogP contribution in [0.2, 0.25) is 0 Å². The lowest BCUT2D eigenvalue weighted by Gasteiger charge is -2.29. The van der Waals surface area contributed by atoms with Crippen molar-refractivity contribution < 1.29 is 22.3 Å². The highest BCUT2D eigenvalue weighted by Gasteiger charge is 2.40. The number of aromatic nitrogens is 4. The molecule has 9 heteroatoms. The van der Waals surface area contributed by atoms with Gasteiger partial charge in [0.25, 0.3) is 5.89 Å². The Kier molecular flexibility index (Phi) is 4.68. The lowest BCUT2D eigenvalue weighted by Crippen LogP contribution is -2.27. The van der Waals surface area contributed by atoms with Crippen LogP contribution in [-0.2, 0) is 24.6 Å². The lowest BCUT2D eigenvalue weighted by molar-refractivity contribution is -0.108. The number of fused-ring (bicyclic) bond motifs is 1. The van der Waals surface area contributed by atoms with Crippen LogP contribution in [0.1, 0.15) is 43.8 Å². The molecule has 2 aromatic rings. The summed E-state index contributed by atoms with van der Waals surface area (Å²) in [7, 11) is 3.15. The first-order valence-electron chi connectivity index (χ1n) is 9.50. The molecule has 0 bridgehead atoms. The maximum atomic E-state index is 13.3. The molecule has 0 saturated heterocycles. The molecule has 4 rings (SSSR count). The van der Waals surface area contributed by atoms with Crippen LogP contribution in [0.4, 0.5) is 13.2 Å². The first-order valence-corrected chi connectivity index (χ1v) is 9.50. The number of methoxy groups -OCH3 is 1. The molecule has 0 radical (unpaired) electrons. The number of aryl methyl sites for hydroxylation is 1. The van der Waals surface area contributed by atoms with Crippen molar-refractivity contribution in [1.82, 2.24) is 20.0 Å². The predicted octanol–water partition coefficient (Wildman–Crippen LogP) is 4.28. The van der Waals surface area contributed by atoms with E-state index in [0.29, 0.717) is 5.69 Å². The third kappa shape index (κ3) is 3.63. The number of allylic oxidation sites excluding steroid dienone is 2. The van der Waals surface area contributed by atoms with Gasteiger partial charge in [-0.15, -0.1) is 10.2 Å². The molecule has 6 nitrogen and oxygen atoms in total. The Morgan fingerprint density at radius 3 is 2.66 bits per heavy atom. The van der Waals surface area contributed by atoms with E-state index in [2.05, 4.69) is 29.1 Å². The van der Waals surface area contributed by atoms with Crippen LogP contribution in [0.15, 0.2) is 22.1 Å². The summed E-state index contributed by atoms with van der Waals surface area (Å²) in [4.78, 5) is 0. The molecule has 2 heterocycles. The fourth-order valence-corrected chi connectivity index (χ4v) is 4.02. The van der Waals surface area contributed by atoms with Crippen molar-refractivity contribution in [1.29, 1.82) is 0 Å². The van der Waals surface area contributed by atoms with Gasteiger partial charge < -0.3 is 9.15 Å². The number of hydrogen-bond donors (Lipinski definition) is 0. The molecular weight excluding hydrogens is 385 g/mol. The number of alkyl halides is 3. The van der Waals surface area contributed by atoms with Crippen LogP contribution in [-0.4, -0.2) is 39.4 Å². The SMILES string of the molecule is COC1CC=C(c2nnc(-c3nn(C)c4c3CCC(C)(C)C4)o2)C=C1C(F)(F)F. The first-order chi connectivity index (χ1) is 13.6. The fourth-order valence-electron chi connectivity index (χ4n) is 4.02. The molecule has 0 N–H and O–H groups in total. The Hall–Kier alpha value is -2.42. The molecule has 1 unspecified atom stereocenters. The molecule has 29 heavy (non-hydrogen) atoms. The second-order valence-corrected chi connectivity index (χ2v) is 8.37. The normalized spacial score (nSPS) is 21.6. The molecule has 2 aromatic heterocycles. The molecule has 2 aliphatic rings. The van der Waals surface area contributed by atoms with Crippen molar-refractivity contribution in [2.45, 2.75) is 51.8 Å². The topological polar surface area (TPSA) is 66.0 Å². The summed E-state index contributed by atoms with van der Waals surface area (Å²) in [6.07, 6.45) is -0.0390. The van der Waals surface area contributed by atoms with E-state index in [1.54, 1.807) is 6.08 Å².